The summed E-state index contributed by atoms with van der Waals surface area (Å²) in [5.74, 6) is 0.759. The molecule has 0 aliphatic carbocycles. The van der Waals surface area contributed by atoms with Crippen molar-refractivity contribution in [2.75, 3.05) is 13.2 Å². The predicted octanol–water partition coefficient (Wildman–Crippen LogP) is 2.39. The van der Waals surface area contributed by atoms with Crippen LogP contribution in [0.2, 0.25) is 0 Å². The van der Waals surface area contributed by atoms with Crippen LogP contribution in [0.15, 0.2) is 24.3 Å². The summed E-state index contributed by atoms with van der Waals surface area (Å²) in [6.07, 6.45) is -0.428. The molecule has 0 bridgehead atoms. The first-order chi connectivity index (χ1) is 7.97. The second kappa shape index (κ2) is 6.13. The number of benzene rings is 1. The summed E-state index contributed by atoms with van der Waals surface area (Å²) in [6.45, 7) is 6.29. The number of hydrogen-bond acceptors (Lipinski definition) is 3. The van der Waals surface area contributed by atoms with Crippen LogP contribution in [0.5, 0.6) is 5.75 Å². The SMILES string of the molecule is CC(C)(C)OC(=O)NCCOc1cc[c]cc1. The Bertz CT molecular complexity index is 343. The molecule has 4 nitrogen and oxygen atoms in total. The van der Waals surface area contributed by atoms with Crippen LogP contribution < -0.4 is 10.1 Å². The molecule has 1 amide bonds. The summed E-state index contributed by atoms with van der Waals surface area (Å²) in [5.41, 5.74) is -0.472. The van der Waals surface area contributed by atoms with Crippen molar-refractivity contribution < 1.29 is 14.3 Å². The van der Waals surface area contributed by atoms with Gasteiger partial charge in [-0.3, -0.25) is 0 Å². The number of amides is 1. The van der Waals surface area contributed by atoms with Crippen molar-refractivity contribution in [1.29, 1.82) is 0 Å². The lowest BCUT2D eigenvalue weighted by Crippen LogP contribution is -2.34. The van der Waals surface area contributed by atoms with Crippen molar-refractivity contribution in [2.24, 2.45) is 0 Å². The average molecular weight is 236 g/mol. The number of carbonyl (C=O) groups is 1. The minimum absolute atomic E-state index is 0.406. The number of nitrogens with one attached hydrogen (secondary N) is 1. The van der Waals surface area contributed by atoms with Crippen LogP contribution in [0.3, 0.4) is 0 Å². The Morgan fingerprint density at radius 3 is 2.59 bits per heavy atom. The number of hydrogen-bond donors (Lipinski definition) is 1. The van der Waals surface area contributed by atoms with E-state index in [0.717, 1.165) is 5.75 Å². The molecule has 1 rings (SSSR count). The first-order valence-electron chi connectivity index (χ1n) is 5.53. The molecule has 1 aromatic rings. The molecule has 0 saturated carbocycles. The standard InChI is InChI=1S/C13H18NO3/c1-13(2,3)17-12(15)14-9-10-16-11-7-5-4-6-8-11/h5-8H,9-10H2,1-3H3,(H,14,15). The first-order valence-corrected chi connectivity index (χ1v) is 5.53. The summed E-state index contributed by atoms with van der Waals surface area (Å²) in [4.78, 5) is 11.3. The fourth-order valence-corrected chi connectivity index (χ4v) is 1.10. The van der Waals surface area contributed by atoms with Crippen molar-refractivity contribution in [3.8, 4) is 5.75 Å². The van der Waals surface area contributed by atoms with E-state index >= 15 is 0 Å². The van der Waals surface area contributed by atoms with Gasteiger partial charge in [0.05, 0.1) is 6.54 Å². The van der Waals surface area contributed by atoms with E-state index in [0.29, 0.717) is 13.2 Å². The fraction of sp³-hybridized carbons (Fsp3) is 0.462. The first kappa shape index (κ1) is 13.4. The molecule has 1 N–H and O–H groups in total. The highest BCUT2D eigenvalue weighted by atomic mass is 16.6. The summed E-state index contributed by atoms with van der Waals surface area (Å²) in [7, 11) is 0. The van der Waals surface area contributed by atoms with Crippen molar-refractivity contribution in [3.63, 3.8) is 0 Å². The monoisotopic (exact) mass is 236 g/mol. The molecule has 0 fully saturated rings. The number of carbonyl (C=O) groups excluding carboxylic acids is 1. The highest BCUT2D eigenvalue weighted by Crippen LogP contribution is 2.07. The highest BCUT2D eigenvalue weighted by molar-refractivity contribution is 5.67. The van der Waals surface area contributed by atoms with Gasteiger partial charge in [0, 0.05) is 0 Å². The van der Waals surface area contributed by atoms with E-state index in [1.807, 2.05) is 32.9 Å². The van der Waals surface area contributed by atoms with Gasteiger partial charge in [0.25, 0.3) is 0 Å². The Labute approximate surface area is 102 Å². The van der Waals surface area contributed by atoms with Crippen molar-refractivity contribution >= 4 is 6.09 Å². The molecule has 1 radical (unpaired) electrons. The molecule has 0 atom stereocenters. The topological polar surface area (TPSA) is 47.6 Å². The fourth-order valence-electron chi connectivity index (χ4n) is 1.10. The van der Waals surface area contributed by atoms with Gasteiger partial charge in [-0.25, -0.2) is 4.79 Å². The van der Waals surface area contributed by atoms with E-state index in [2.05, 4.69) is 11.4 Å². The Hall–Kier alpha value is -1.71. The van der Waals surface area contributed by atoms with E-state index in [-0.39, 0.29) is 0 Å². The zero-order valence-corrected chi connectivity index (χ0v) is 10.4. The molecule has 4 heteroatoms. The van der Waals surface area contributed by atoms with E-state index in [4.69, 9.17) is 9.47 Å². The maximum Gasteiger partial charge on any atom is 0.407 e. The van der Waals surface area contributed by atoms with Crippen LogP contribution in [0, 0.1) is 6.07 Å². The minimum atomic E-state index is -0.472. The lowest BCUT2D eigenvalue weighted by Gasteiger charge is -2.19. The number of alkyl carbamates (subject to hydrolysis) is 1. The second-order valence-electron chi connectivity index (χ2n) is 4.51. The number of rotatable bonds is 4. The molecule has 93 valence electrons. The summed E-state index contributed by atoms with van der Waals surface area (Å²) < 4.78 is 10.5. The third-order valence-corrected chi connectivity index (χ3v) is 1.73. The lowest BCUT2D eigenvalue weighted by molar-refractivity contribution is 0.0520. The maximum absolute atomic E-state index is 11.3. The summed E-state index contributed by atoms with van der Waals surface area (Å²) >= 11 is 0. The lowest BCUT2D eigenvalue weighted by atomic mass is 10.2. The average Bonchev–Trinajstić information content (AvgIpc) is 2.23. The smallest absolute Gasteiger partial charge is 0.407 e. The quantitative estimate of drug-likeness (QED) is 0.816. The predicted molar refractivity (Wildman–Crippen MR) is 65.0 cm³/mol. The molecule has 0 unspecified atom stereocenters. The van der Waals surface area contributed by atoms with Gasteiger partial charge >= 0.3 is 6.09 Å². The van der Waals surface area contributed by atoms with Gasteiger partial charge in [-0.05, 0) is 39.0 Å². The van der Waals surface area contributed by atoms with Gasteiger partial charge in [0.15, 0.2) is 0 Å². The molecule has 1 aromatic carbocycles. The van der Waals surface area contributed by atoms with Gasteiger partial charge < -0.3 is 14.8 Å². The Balaban J connectivity index is 2.14. The zero-order chi connectivity index (χ0) is 12.7. The van der Waals surface area contributed by atoms with Crippen LogP contribution in [0.1, 0.15) is 20.8 Å². The van der Waals surface area contributed by atoms with E-state index in [1.54, 1.807) is 12.1 Å². The van der Waals surface area contributed by atoms with Crippen LogP contribution in [0.25, 0.3) is 0 Å². The summed E-state index contributed by atoms with van der Waals surface area (Å²) in [5, 5.41) is 2.62. The van der Waals surface area contributed by atoms with E-state index in [1.165, 1.54) is 0 Å². The van der Waals surface area contributed by atoms with E-state index < -0.39 is 11.7 Å². The minimum Gasteiger partial charge on any atom is -0.492 e. The van der Waals surface area contributed by atoms with Crippen molar-refractivity contribution in [2.45, 2.75) is 26.4 Å². The largest absolute Gasteiger partial charge is 0.492 e. The molecule has 0 spiro atoms. The van der Waals surface area contributed by atoms with E-state index in [9.17, 15) is 4.79 Å². The van der Waals surface area contributed by atoms with Crippen LogP contribution in [-0.4, -0.2) is 24.8 Å². The Morgan fingerprint density at radius 1 is 1.35 bits per heavy atom. The Morgan fingerprint density at radius 2 is 2.00 bits per heavy atom. The van der Waals surface area contributed by atoms with Crippen molar-refractivity contribution in [3.05, 3.63) is 30.3 Å². The van der Waals surface area contributed by atoms with Gasteiger partial charge in [-0.1, -0.05) is 12.1 Å². The molecular formula is C13H18NO3. The Kier molecular flexibility index (Phi) is 4.82. The van der Waals surface area contributed by atoms with Gasteiger partial charge in [0.1, 0.15) is 18.0 Å². The van der Waals surface area contributed by atoms with Gasteiger partial charge in [0.2, 0.25) is 0 Å². The second-order valence-corrected chi connectivity index (χ2v) is 4.51. The normalized spacial score (nSPS) is 10.8. The number of ether oxygens (including phenoxy) is 2. The van der Waals surface area contributed by atoms with Crippen LogP contribution in [0.4, 0.5) is 4.79 Å². The third kappa shape index (κ3) is 6.45. The zero-order valence-electron chi connectivity index (χ0n) is 10.4. The third-order valence-electron chi connectivity index (χ3n) is 1.73. The van der Waals surface area contributed by atoms with Crippen molar-refractivity contribution in [1.82, 2.24) is 5.32 Å². The molecule has 17 heavy (non-hydrogen) atoms. The maximum atomic E-state index is 11.3. The van der Waals surface area contributed by atoms with Gasteiger partial charge in [-0.2, -0.15) is 0 Å². The van der Waals surface area contributed by atoms with Gasteiger partial charge in [-0.15, -0.1) is 0 Å². The van der Waals surface area contributed by atoms with Crippen LogP contribution >= 0.6 is 0 Å². The van der Waals surface area contributed by atoms with Crippen LogP contribution in [-0.2, 0) is 4.74 Å². The summed E-state index contributed by atoms with van der Waals surface area (Å²) in [6, 6.07) is 10.1. The molecule has 0 aromatic heterocycles. The molecule has 0 aliphatic heterocycles. The molecule has 0 aliphatic rings. The molecule has 0 heterocycles. The molecule has 0 saturated heterocycles. The highest BCUT2D eigenvalue weighted by Gasteiger charge is 2.15. The molecular weight excluding hydrogens is 218 g/mol.